The van der Waals surface area contributed by atoms with Gasteiger partial charge in [-0.25, -0.2) is 4.79 Å². The standard InChI is InChI=1S/C4H9NO2.C4H6O/c1-2-3-7-4(5)6;1-2-3-4-5/h2-3H2,1H3,(H2,5,6);3,5H,1,4H2. The van der Waals surface area contributed by atoms with E-state index in [1.807, 2.05) is 6.92 Å². The molecule has 0 saturated heterocycles. The van der Waals surface area contributed by atoms with Crippen molar-refractivity contribution in [3.05, 3.63) is 18.4 Å². The molecule has 0 aromatic rings. The van der Waals surface area contributed by atoms with E-state index in [2.05, 4.69) is 22.8 Å². The lowest BCUT2D eigenvalue weighted by Crippen LogP contribution is -2.12. The lowest BCUT2D eigenvalue weighted by atomic mass is 10.5. The Morgan fingerprint density at radius 2 is 2.42 bits per heavy atom. The normalized spacial score (nSPS) is 7.17. The Bertz CT molecular complexity index is 150. The molecule has 0 atom stereocenters. The number of primary amides is 1. The predicted octanol–water partition coefficient (Wildman–Crippen LogP) is 0.812. The Balaban J connectivity index is 0. The van der Waals surface area contributed by atoms with E-state index in [4.69, 9.17) is 5.11 Å². The van der Waals surface area contributed by atoms with Crippen LogP contribution >= 0.6 is 0 Å². The van der Waals surface area contributed by atoms with Gasteiger partial charge in [0, 0.05) is 0 Å². The Labute approximate surface area is 72.3 Å². The van der Waals surface area contributed by atoms with Crippen LogP contribution in [0, 0.1) is 0 Å². The Kier molecular flexibility index (Phi) is 13.8. The van der Waals surface area contributed by atoms with Crippen LogP contribution in [0.25, 0.3) is 0 Å². The molecule has 0 aromatic carbocycles. The summed E-state index contributed by atoms with van der Waals surface area (Å²) >= 11 is 0. The highest BCUT2D eigenvalue weighted by molar-refractivity contribution is 5.64. The van der Waals surface area contributed by atoms with Crippen molar-refractivity contribution in [2.45, 2.75) is 13.3 Å². The summed E-state index contributed by atoms with van der Waals surface area (Å²) in [5.41, 5.74) is 7.01. The van der Waals surface area contributed by atoms with Gasteiger partial charge in [0.15, 0.2) is 0 Å². The van der Waals surface area contributed by atoms with E-state index in [-0.39, 0.29) is 6.61 Å². The second kappa shape index (κ2) is 12.4. The third-order valence-electron chi connectivity index (χ3n) is 0.684. The number of hydrogen-bond donors (Lipinski definition) is 2. The van der Waals surface area contributed by atoms with E-state index in [0.29, 0.717) is 6.61 Å². The second-order valence-electron chi connectivity index (χ2n) is 1.76. The fourth-order valence-electron chi connectivity index (χ4n) is 0.267. The SMILES string of the molecule is C=C=CCO.CCCOC(N)=O. The minimum atomic E-state index is -0.693. The van der Waals surface area contributed by atoms with Crippen molar-refractivity contribution in [3.8, 4) is 0 Å². The molecule has 0 aromatic heterocycles. The summed E-state index contributed by atoms with van der Waals surface area (Å²) in [5.74, 6) is 0. The highest BCUT2D eigenvalue weighted by Gasteiger charge is 1.86. The number of rotatable bonds is 3. The van der Waals surface area contributed by atoms with Crippen LogP contribution in [0.3, 0.4) is 0 Å². The predicted molar refractivity (Wildman–Crippen MR) is 46.6 cm³/mol. The highest BCUT2D eigenvalue weighted by atomic mass is 16.5. The number of nitrogens with two attached hydrogens (primary N) is 1. The van der Waals surface area contributed by atoms with Gasteiger partial charge < -0.3 is 15.6 Å². The summed E-state index contributed by atoms with van der Waals surface area (Å²) in [5, 5.41) is 7.91. The largest absolute Gasteiger partial charge is 0.450 e. The molecule has 4 heteroatoms. The van der Waals surface area contributed by atoms with Gasteiger partial charge in [-0.05, 0) is 12.5 Å². The molecule has 0 aliphatic heterocycles. The number of ether oxygens (including phenoxy) is 1. The third-order valence-corrected chi connectivity index (χ3v) is 0.684. The van der Waals surface area contributed by atoms with Crippen LogP contribution in [0.4, 0.5) is 4.79 Å². The lowest BCUT2D eigenvalue weighted by Gasteiger charge is -1.93. The number of hydrogen-bond acceptors (Lipinski definition) is 3. The number of aliphatic hydroxyl groups is 1. The van der Waals surface area contributed by atoms with Crippen molar-refractivity contribution in [2.24, 2.45) is 5.73 Å². The van der Waals surface area contributed by atoms with Gasteiger partial charge in [-0.15, -0.1) is 5.73 Å². The molecule has 0 fully saturated rings. The van der Waals surface area contributed by atoms with Crippen molar-refractivity contribution in [2.75, 3.05) is 13.2 Å². The molecule has 1 amide bonds. The van der Waals surface area contributed by atoms with E-state index in [1.165, 1.54) is 6.08 Å². The van der Waals surface area contributed by atoms with Crippen LogP contribution in [0.15, 0.2) is 18.4 Å². The van der Waals surface area contributed by atoms with Crippen LogP contribution in [0.1, 0.15) is 13.3 Å². The van der Waals surface area contributed by atoms with Crippen LogP contribution in [0.5, 0.6) is 0 Å². The molecule has 0 heterocycles. The van der Waals surface area contributed by atoms with Crippen LogP contribution in [0.2, 0.25) is 0 Å². The van der Waals surface area contributed by atoms with Crippen molar-refractivity contribution < 1.29 is 14.6 Å². The molecule has 0 aliphatic carbocycles. The van der Waals surface area contributed by atoms with Crippen molar-refractivity contribution >= 4 is 6.09 Å². The van der Waals surface area contributed by atoms with Gasteiger partial charge in [0.2, 0.25) is 0 Å². The maximum atomic E-state index is 9.76. The quantitative estimate of drug-likeness (QED) is 0.620. The maximum absolute atomic E-state index is 9.76. The maximum Gasteiger partial charge on any atom is 0.404 e. The monoisotopic (exact) mass is 173 g/mol. The van der Waals surface area contributed by atoms with Crippen molar-refractivity contribution in [1.82, 2.24) is 0 Å². The molecule has 0 saturated carbocycles. The van der Waals surface area contributed by atoms with Crippen molar-refractivity contribution in [3.63, 3.8) is 0 Å². The topological polar surface area (TPSA) is 72.6 Å². The van der Waals surface area contributed by atoms with Gasteiger partial charge in [0.1, 0.15) is 0 Å². The molecule has 0 radical (unpaired) electrons. The molecule has 0 rings (SSSR count). The number of amides is 1. The Morgan fingerprint density at radius 1 is 1.83 bits per heavy atom. The van der Waals surface area contributed by atoms with Crippen LogP contribution < -0.4 is 5.73 Å². The van der Waals surface area contributed by atoms with Gasteiger partial charge in [-0.2, -0.15) is 0 Å². The molecule has 0 aliphatic rings. The Hall–Kier alpha value is -1.25. The lowest BCUT2D eigenvalue weighted by molar-refractivity contribution is 0.157. The first-order chi connectivity index (χ1) is 5.68. The molecular weight excluding hydrogens is 158 g/mol. The third kappa shape index (κ3) is 23.3. The first-order valence-corrected chi connectivity index (χ1v) is 3.56. The molecule has 0 bridgehead atoms. The molecule has 70 valence electrons. The summed E-state index contributed by atoms with van der Waals surface area (Å²) in [7, 11) is 0. The molecule has 0 unspecified atom stereocenters. The number of carbonyl (C=O) groups excluding carboxylic acids is 1. The van der Waals surface area contributed by atoms with E-state index in [9.17, 15) is 4.79 Å². The van der Waals surface area contributed by atoms with E-state index in [0.717, 1.165) is 6.42 Å². The average molecular weight is 173 g/mol. The van der Waals surface area contributed by atoms with E-state index in [1.54, 1.807) is 0 Å². The first kappa shape index (κ1) is 13.3. The summed E-state index contributed by atoms with van der Waals surface area (Å²) in [6.45, 7) is 5.59. The zero-order chi connectivity index (χ0) is 9.82. The second-order valence-corrected chi connectivity index (χ2v) is 1.76. The molecule has 12 heavy (non-hydrogen) atoms. The minimum Gasteiger partial charge on any atom is -0.450 e. The average Bonchev–Trinajstić information content (AvgIpc) is 2.03. The smallest absolute Gasteiger partial charge is 0.404 e. The van der Waals surface area contributed by atoms with Gasteiger partial charge in [-0.3, -0.25) is 0 Å². The van der Waals surface area contributed by atoms with Crippen LogP contribution in [-0.4, -0.2) is 24.4 Å². The minimum absolute atomic E-state index is 0.0451. The first-order valence-electron chi connectivity index (χ1n) is 3.56. The molecule has 4 nitrogen and oxygen atoms in total. The fourth-order valence-corrected chi connectivity index (χ4v) is 0.267. The fraction of sp³-hybridized carbons (Fsp3) is 0.500. The van der Waals surface area contributed by atoms with Gasteiger partial charge in [0.25, 0.3) is 0 Å². The summed E-state index contributed by atoms with van der Waals surface area (Å²) < 4.78 is 4.33. The van der Waals surface area contributed by atoms with E-state index < -0.39 is 6.09 Å². The van der Waals surface area contributed by atoms with Gasteiger partial charge in [0.05, 0.1) is 13.2 Å². The highest BCUT2D eigenvalue weighted by Crippen LogP contribution is 1.76. The molecule has 0 spiro atoms. The zero-order valence-electron chi connectivity index (χ0n) is 7.25. The Morgan fingerprint density at radius 3 is 2.50 bits per heavy atom. The summed E-state index contributed by atoms with van der Waals surface area (Å²) in [6, 6.07) is 0. The van der Waals surface area contributed by atoms with Crippen LogP contribution in [-0.2, 0) is 4.74 Å². The van der Waals surface area contributed by atoms with E-state index >= 15 is 0 Å². The molecule has 3 N–H and O–H groups in total. The van der Waals surface area contributed by atoms with Crippen molar-refractivity contribution in [1.29, 1.82) is 0 Å². The number of carbonyl (C=O) groups is 1. The number of aliphatic hydroxyl groups excluding tert-OH is 1. The van der Waals surface area contributed by atoms with Gasteiger partial charge >= 0.3 is 6.09 Å². The molecular formula is C8H15NO3. The van der Waals surface area contributed by atoms with Gasteiger partial charge in [-0.1, -0.05) is 13.5 Å². The summed E-state index contributed by atoms with van der Waals surface area (Å²) in [6.07, 6.45) is 1.57. The summed E-state index contributed by atoms with van der Waals surface area (Å²) in [4.78, 5) is 9.76. The zero-order valence-corrected chi connectivity index (χ0v) is 7.25.